The van der Waals surface area contributed by atoms with Gasteiger partial charge in [-0.05, 0) is 32.4 Å². The van der Waals surface area contributed by atoms with Crippen LogP contribution in [0, 0.1) is 6.92 Å². The zero-order valence-corrected chi connectivity index (χ0v) is 16.4. The standard InChI is InChI=1S/C19H24N4O3S/c1-3-26-10-4-9-20-18(24)19(25)21-17-15-11-27-12-16(15)22-23(17)14-7-5-13(2)6-8-14/h5-8H,3-4,9-12H2,1-2H3,(H,20,24)(H,21,25). The van der Waals surface area contributed by atoms with Crippen LogP contribution in [0.15, 0.2) is 24.3 Å². The van der Waals surface area contributed by atoms with Crippen molar-refractivity contribution in [1.29, 1.82) is 0 Å². The third-order valence-electron chi connectivity index (χ3n) is 4.22. The number of hydrogen-bond acceptors (Lipinski definition) is 5. The lowest BCUT2D eigenvalue weighted by Crippen LogP contribution is -2.36. The fourth-order valence-corrected chi connectivity index (χ4v) is 3.81. The Hall–Kier alpha value is -2.32. The van der Waals surface area contributed by atoms with Gasteiger partial charge in [-0.2, -0.15) is 16.9 Å². The van der Waals surface area contributed by atoms with Crippen LogP contribution >= 0.6 is 11.8 Å². The third kappa shape index (κ3) is 4.70. The van der Waals surface area contributed by atoms with Gasteiger partial charge < -0.3 is 15.4 Å². The number of fused-ring (bicyclic) bond motifs is 1. The summed E-state index contributed by atoms with van der Waals surface area (Å²) in [5.41, 5.74) is 3.93. The predicted octanol–water partition coefficient (Wildman–Crippen LogP) is 2.41. The molecule has 0 radical (unpaired) electrons. The number of nitrogens with one attached hydrogen (secondary N) is 2. The maximum atomic E-state index is 12.4. The number of thioether (sulfide) groups is 1. The van der Waals surface area contributed by atoms with Crippen LogP contribution in [0.3, 0.4) is 0 Å². The van der Waals surface area contributed by atoms with Gasteiger partial charge in [0.1, 0.15) is 5.82 Å². The number of ether oxygens (including phenoxy) is 1. The first-order valence-electron chi connectivity index (χ1n) is 9.02. The first-order valence-corrected chi connectivity index (χ1v) is 10.2. The molecule has 1 aromatic heterocycles. The van der Waals surface area contributed by atoms with Gasteiger partial charge in [0, 0.05) is 36.8 Å². The summed E-state index contributed by atoms with van der Waals surface area (Å²) in [6.07, 6.45) is 0.667. The van der Waals surface area contributed by atoms with Gasteiger partial charge >= 0.3 is 11.8 Å². The zero-order valence-electron chi connectivity index (χ0n) is 15.6. The number of carbonyl (C=O) groups is 2. The molecule has 1 aliphatic heterocycles. The molecule has 144 valence electrons. The molecule has 7 nitrogen and oxygen atoms in total. The number of amides is 2. The molecule has 2 N–H and O–H groups in total. The molecule has 2 amide bonds. The molecule has 0 saturated heterocycles. The molecular formula is C19H24N4O3S. The summed E-state index contributed by atoms with van der Waals surface area (Å²) >= 11 is 1.75. The monoisotopic (exact) mass is 388 g/mol. The van der Waals surface area contributed by atoms with Crippen molar-refractivity contribution >= 4 is 29.4 Å². The van der Waals surface area contributed by atoms with Gasteiger partial charge in [0.2, 0.25) is 0 Å². The molecule has 0 aliphatic carbocycles. The van der Waals surface area contributed by atoms with E-state index in [4.69, 9.17) is 4.74 Å². The number of nitrogens with zero attached hydrogens (tertiary/aromatic N) is 2. The minimum atomic E-state index is -0.681. The summed E-state index contributed by atoms with van der Waals surface area (Å²) in [5.74, 6) is 0.822. The van der Waals surface area contributed by atoms with Gasteiger partial charge in [0.25, 0.3) is 0 Å². The minimum Gasteiger partial charge on any atom is -0.382 e. The van der Waals surface area contributed by atoms with Gasteiger partial charge in [-0.3, -0.25) is 9.59 Å². The third-order valence-corrected chi connectivity index (χ3v) is 5.19. The molecule has 1 aromatic carbocycles. The fourth-order valence-electron chi connectivity index (χ4n) is 2.78. The van der Waals surface area contributed by atoms with Crippen LogP contribution in [-0.4, -0.2) is 41.4 Å². The highest BCUT2D eigenvalue weighted by Crippen LogP contribution is 2.36. The second kappa shape index (κ2) is 9.05. The number of anilines is 1. The molecule has 8 heteroatoms. The zero-order chi connectivity index (χ0) is 19.2. The van der Waals surface area contributed by atoms with Crippen LogP contribution in [0.25, 0.3) is 5.69 Å². The molecular weight excluding hydrogens is 364 g/mol. The molecule has 0 spiro atoms. The highest BCUT2D eigenvalue weighted by molar-refractivity contribution is 7.98. The van der Waals surface area contributed by atoms with Crippen molar-refractivity contribution in [2.45, 2.75) is 31.8 Å². The van der Waals surface area contributed by atoms with Gasteiger partial charge in [-0.1, -0.05) is 17.7 Å². The van der Waals surface area contributed by atoms with E-state index in [0.29, 0.717) is 32.0 Å². The van der Waals surface area contributed by atoms with Crippen molar-refractivity contribution in [3.05, 3.63) is 41.1 Å². The topological polar surface area (TPSA) is 85.2 Å². The van der Waals surface area contributed by atoms with E-state index in [1.54, 1.807) is 16.4 Å². The van der Waals surface area contributed by atoms with Gasteiger partial charge in [-0.15, -0.1) is 0 Å². The van der Waals surface area contributed by atoms with Crippen LogP contribution in [0.2, 0.25) is 0 Å². The fraction of sp³-hybridized carbons (Fsp3) is 0.421. The lowest BCUT2D eigenvalue weighted by Gasteiger charge is -2.11. The summed E-state index contributed by atoms with van der Waals surface area (Å²) in [6.45, 7) is 5.53. The highest BCUT2D eigenvalue weighted by atomic mass is 32.2. The smallest absolute Gasteiger partial charge is 0.314 e. The number of aromatic nitrogens is 2. The average Bonchev–Trinajstić information content (AvgIpc) is 3.24. The highest BCUT2D eigenvalue weighted by Gasteiger charge is 2.26. The van der Waals surface area contributed by atoms with Crippen LogP contribution in [0.4, 0.5) is 5.82 Å². The Labute approximate surface area is 162 Å². The van der Waals surface area contributed by atoms with Crippen molar-refractivity contribution in [2.75, 3.05) is 25.1 Å². The van der Waals surface area contributed by atoms with Crippen molar-refractivity contribution in [3.8, 4) is 5.69 Å². The number of rotatable bonds is 7. The lowest BCUT2D eigenvalue weighted by molar-refractivity contribution is -0.136. The van der Waals surface area contributed by atoms with Gasteiger partial charge in [0.05, 0.1) is 11.4 Å². The molecule has 0 fully saturated rings. The number of aryl methyl sites for hydroxylation is 1. The Morgan fingerprint density at radius 3 is 2.74 bits per heavy atom. The summed E-state index contributed by atoms with van der Waals surface area (Å²) in [4.78, 5) is 24.5. The number of carbonyl (C=O) groups excluding carboxylic acids is 2. The summed E-state index contributed by atoms with van der Waals surface area (Å²) in [6, 6.07) is 7.89. The predicted molar refractivity (Wildman–Crippen MR) is 106 cm³/mol. The first-order chi connectivity index (χ1) is 13.1. The van der Waals surface area contributed by atoms with Crippen molar-refractivity contribution < 1.29 is 14.3 Å². The number of benzene rings is 1. The summed E-state index contributed by atoms with van der Waals surface area (Å²) < 4.78 is 6.93. The molecule has 1 aliphatic rings. The Morgan fingerprint density at radius 1 is 1.22 bits per heavy atom. The summed E-state index contributed by atoms with van der Waals surface area (Å²) in [5, 5.41) is 10.0. The number of hydrogen-bond donors (Lipinski definition) is 2. The van der Waals surface area contributed by atoms with Crippen molar-refractivity contribution in [2.24, 2.45) is 0 Å². The van der Waals surface area contributed by atoms with Crippen molar-refractivity contribution in [1.82, 2.24) is 15.1 Å². The Balaban J connectivity index is 1.71. The van der Waals surface area contributed by atoms with E-state index >= 15 is 0 Å². The maximum absolute atomic E-state index is 12.4. The van der Waals surface area contributed by atoms with Crippen LogP contribution in [0.5, 0.6) is 0 Å². The lowest BCUT2D eigenvalue weighted by atomic mass is 10.2. The van der Waals surface area contributed by atoms with Gasteiger partial charge in [-0.25, -0.2) is 4.68 Å². The van der Waals surface area contributed by atoms with Crippen LogP contribution in [-0.2, 0) is 25.8 Å². The molecule has 0 atom stereocenters. The van der Waals surface area contributed by atoms with Crippen molar-refractivity contribution in [3.63, 3.8) is 0 Å². The van der Waals surface area contributed by atoms with Crippen LogP contribution < -0.4 is 10.6 Å². The summed E-state index contributed by atoms with van der Waals surface area (Å²) in [7, 11) is 0. The van der Waals surface area contributed by atoms with Gasteiger partial charge in [0.15, 0.2) is 0 Å². The molecule has 2 aromatic rings. The minimum absolute atomic E-state index is 0.400. The van der Waals surface area contributed by atoms with Crippen LogP contribution in [0.1, 0.15) is 30.2 Å². The van der Waals surface area contributed by atoms with E-state index in [9.17, 15) is 9.59 Å². The van der Waals surface area contributed by atoms with E-state index in [-0.39, 0.29) is 0 Å². The van der Waals surface area contributed by atoms with E-state index < -0.39 is 11.8 Å². The molecule has 0 unspecified atom stereocenters. The normalized spacial score (nSPS) is 12.7. The van der Waals surface area contributed by atoms with E-state index in [2.05, 4.69) is 15.7 Å². The SMILES string of the molecule is CCOCCCNC(=O)C(=O)Nc1c2c(nn1-c1ccc(C)cc1)CSC2. The first kappa shape index (κ1) is 19.4. The average molecular weight is 388 g/mol. The second-order valence-electron chi connectivity index (χ2n) is 6.27. The maximum Gasteiger partial charge on any atom is 0.314 e. The molecule has 2 heterocycles. The second-order valence-corrected chi connectivity index (χ2v) is 7.26. The van der Waals surface area contributed by atoms with E-state index in [0.717, 1.165) is 34.0 Å². The Kier molecular flexibility index (Phi) is 6.52. The quantitative estimate of drug-likeness (QED) is 0.562. The molecule has 0 saturated carbocycles. The molecule has 27 heavy (non-hydrogen) atoms. The largest absolute Gasteiger partial charge is 0.382 e. The van der Waals surface area contributed by atoms with E-state index in [1.807, 2.05) is 38.1 Å². The molecule has 0 bridgehead atoms. The Morgan fingerprint density at radius 2 is 2.00 bits per heavy atom. The molecule has 3 rings (SSSR count). The van der Waals surface area contributed by atoms with E-state index in [1.165, 1.54) is 0 Å². The Bertz CT molecular complexity index is 817.